The monoisotopic (exact) mass is 300 g/mol. The molecule has 1 aromatic heterocycles. The number of ether oxygens (including phenoxy) is 1. The molecule has 8 heteroatoms. The molecule has 8 nitrogen and oxygen atoms in total. The van der Waals surface area contributed by atoms with E-state index in [1.54, 1.807) is 24.3 Å². The Morgan fingerprint density at radius 1 is 1.41 bits per heavy atom. The van der Waals surface area contributed by atoms with Crippen molar-refractivity contribution in [3.8, 4) is 23.3 Å². The number of hydrogen-bond donors (Lipinski definition) is 3. The lowest BCUT2D eigenvalue weighted by molar-refractivity contribution is 0.0690. The summed E-state index contributed by atoms with van der Waals surface area (Å²) in [6.07, 6.45) is 0. The van der Waals surface area contributed by atoms with Crippen LogP contribution in [0, 0.1) is 11.3 Å². The average Bonchev–Trinajstić information content (AvgIpc) is 2.52. The summed E-state index contributed by atoms with van der Waals surface area (Å²) in [6, 6.07) is 8.45. The Labute approximate surface area is 125 Å². The van der Waals surface area contributed by atoms with Gasteiger partial charge in [0.1, 0.15) is 12.4 Å². The molecule has 0 bridgehead atoms. The number of nitrogens with zero attached hydrogens (tertiary/aromatic N) is 3. The van der Waals surface area contributed by atoms with E-state index in [9.17, 15) is 4.79 Å². The van der Waals surface area contributed by atoms with Gasteiger partial charge in [-0.05, 0) is 12.1 Å². The third-order valence-electron chi connectivity index (χ3n) is 2.70. The van der Waals surface area contributed by atoms with Crippen molar-refractivity contribution < 1.29 is 19.7 Å². The number of aromatic nitrogens is 2. The van der Waals surface area contributed by atoms with Crippen LogP contribution in [0.15, 0.2) is 24.3 Å². The van der Waals surface area contributed by atoms with E-state index in [1.807, 2.05) is 6.07 Å². The van der Waals surface area contributed by atoms with E-state index >= 15 is 0 Å². The van der Waals surface area contributed by atoms with E-state index in [2.05, 4.69) is 9.97 Å². The highest BCUT2D eigenvalue weighted by Gasteiger charge is 2.21. The minimum Gasteiger partial charge on any atom is -0.477 e. The van der Waals surface area contributed by atoms with Crippen LogP contribution in [-0.2, 0) is 0 Å². The summed E-state index contributed by atoms with van der Waals surface area (Å²) in [5.74, 6) is -1.69. The number of carboxylic acids is 1. The number of rotatable bonds is 5. The summed E-state index contributed by atoms with van der Waals surface area (Å²) >= 11 is 0. The van der Waals surface area contributed by atoms with Crippen LogP contribution in [0.2, 0.25) is 0 Å². The number of benzene rings is 1. The maximum atomic E-state index is 11.2. The van der Waals surface area contributed by atoms with Crippen molar-refractivity contribution in [3.63, 3.8) is 0 Å². The second-order valence-electron chi connectivity index (χ2n) is 4.18. The summed E-state index contributed by atoms with van der Waals surface area (Å²) < 4.78 is 5.12. The van der Waals surface area contributed by atoms with Gasteiger partial charge in [0.2, 0.25) is 5.88 Å². The minimum absolute atomic E-state index is 0.131. The van der Waals surface area contributed by atoms with Gasteiger partial charge in [-0.1, -0.05) is 12.1 Å². The number of anilines is 1. The van der Waals surface area contributed by atoms with Gasteiger partial charge in [0.05, 0.1) is 18.2 Å². The van der Waals surface area contributed by atoms with Crippen molar-refractivity contribution in [1.82, 2.24) is 9.97 Å². The molecule has 112 valence electrons. The fourth-order valence-corrected chi connectivity index (χ4v) is 1.76. The fourth-order valence-electron chi connectivity index (χ4n) is 1.76. The molecule has 1 aromatic carbocycles. The third-order valence-corrected chi connectivity index (χ3v) is 2.70. The van der Waals surface area contributed by atoms with Gasteiger partial charge in [0.15, 0.2) is 11.4 Å². The molecule has 0 amide bonds. The van der Waals surface area contributed by atoms with E-state index in [-0.39, 0.29) is 36.3 Å². The topological polar surface area (TPSA) is 142 Å². The lowest BCUT2D eigenvalue weighted by Crippen LogP contribution is -2.13. The zero-order valence-corrected chi connectivity index (χ0v) is 11.4. The van der Waals surface area contributed by atoms with Gasteiger partial charge in [-0.3, -0.25) is 0 Å². The number of carbonyl (C=O) groups is 1. The molecule has 0 aliphatic heterocycles. The molecule has 4 N–H and O–H groups in total. The van der Waals surface area contributed by atoms with Crippen molar-refractivity contribution in [3.05, 3.63) is 35.4 Å². The van der Waals surface area contributed by atoms with E-state index in [0.717, 1.165) is 0 Å². The van der Waals surface area contributed by atoms with Gasteiger partial charge in [-0.15, -0.1) is 0 Å². The van der Waals surface area contributed by atoms with E-state index < -0.39 is 5.97 Å². The van der Waals surface area contributed by atoms with E-state index in [1.165, 1.54) is 0 Å². The first-order chi connectivity index (χ1) is 10.6. The number of hydrogen-bond acceptors (Lipinski definition) is 7. The molecule has 1 heterocycles. The molecule has 0 aliphatic carbocycles. The first-order valence-corrected chi connectivity index (χ1v) is 6.21. The lowest BCUT2D eigenvalue weighted by Gasteiger charge is -2.11. The van der Waals surface area contributed by atoms with E-state index in [4.69, 9.17) is 25.9 Å². The molecule has 2 aromatic rings. The molecule has 0 atom stereocenters. The summed E-state index contributed by atoms with van der Waals surface area (Å²) in [4.78, 5) is 19.2. The number of nitrogens with two attached hydrogens (primary N) is 1. The SMILES string of the molecule is N#Cc1cccc(-c2nc(N)c(C(=O)O)c(OCCO)n2)c1. The molecule has 0 aliphatic rings. The summed E-state index contributed by atoms with van der Waals surface area (Å²) in [6.45, 7) is -0.434. The number of carboxylic acid groups (broad SMARTS) is 1. The largest absolute Gasteiger partial charge is 0.477 e. The van der Waals surface area contributed by atoms with Gasteiger partial charge in [-0.2, -0.15) is 10.2 Å². The highest BCUT2D eigenvalue weighted by molar-refractivity contribution is 5.95. The van der Waals surface area contributed by atoms with Crippen molar-refractivity contribution in [2.45, 2.75) is 0 Å². The van der Waals surface area contributed by atoms with Gasteiger partial charge < -0.3 is 20.7 Å². The Balaban J connectivity index is 2.55. The zero-order valence-electron chi connectivity index (χ0n) is 11.4. The molecule has 0 saturated carbocycles. The third kappa shape index (κ3) is 3.11. The van der Waals surface area contributed by atoms with Crippen LogP contribution in [0.25, 0.3) is 11.4 Å². The van der Waals surface area contributed by atoms with Crippen molar-refractivity contribution in [1.29, 1.82) is 5.26 Å². The second kappa shape index (κ2) is 6.51. The smallest absolute Gasteiger partial charge is 0.345 e. The average molecular weight is 300 g/mol. The van der Waals surface area contributed by atoms with Crippen LogP contribution in [0.1, 0.15) is 15.9 Å². The fraction of sp³-hybridized carbons (Fsp3) is 0.143. The van der Waals surface area contributed by atoms with E-state index in [0.29, 0.717) is 11.1 Å². The van der Waals surface area contributed by atoms with Gasteiger partial charge >= 0.3 is 5.97 Å². The zero-order chi connectivity index (χ0) is 16.1. The Bertz CT molecular complexity index is 755. The van der Waals surface area contributed by atoms with Crippen LogP contribution < -0.4 is 10.5 Å². The molecule has 22 heavy (non-hydrogen) atoms. The molecule has 0 fully saturated rings. The number of aliphatic hydroxyl groups excluding tert-OH is 1. The molecule has 2 rings (SSSR count). The van der Waals surface area contributed by atoms with Gasteiger partial charge in [0.25, 0.3) is 0 Å². The Morgan fingerprint density at radius 3 is 2.82 bits per heavy atom. The number of nitriles is 1. The number of aliphatic hydroxyl groups is 1. The quantitative estimate of drug-likeness (QED) is 0.731. The van der Waals surface area contributed by atoms with Crippen molar-refractivity contribution in [2.24, 2.45) is 0 Å². The molecule has 0 spiro atoms. The number of aromatic carboxylic acids is 1. The second-order valence-corrected chi connectivity index (χ2v) is 4.18. The van der Waals surface area contributed by atoms with Crippen LogP contribution in [0.5, 0.6) is 5.88 Å². The first kappa shape index (κ1) is 15.2. The maximum Gasteiger partial charge on any atom is 0.345 e. The highest BCUT2D eigenvalue weighted by Crippen LogP contribution is 2.26. The molecule has 0 saturated heterocycles. The molecular formula is C14H12N4O4. The summed E-state index contributed by atoms with van der Waals surface area (Å²) in [5, 5.41) is 26.8. The molecular weight excluding hydrogens is 288 g/mol. The van der Waals surface area contributed by atoms with Crippen LogP contribution in [-0.4, -0.2) is 39.4 Å². The maximum absolute atomic E-state index is 11.2. The van der Waals surface area contributed by atoms with Crippen molar-refractivity contribution >= 4 is 11.8 Å². The van der Waals surface area contributed by atoms with Gasteiger partial charge in [0, 0.05) is 5.56 Å². The van der Waals surface area contributed by atoms with Gasteiger partial charge in [-0.25, -0.2) is 9.78 Å². The predicted molar refractivity (Wildman–Crippen MR) is 76.1 cm³/mol. The summed E-state index contributed by atoms with van der Waals surface area (Å²) in [5.41, 5.74) is 6.20. The standard InChI is InChI=1S/C14H12N4O4/c15-7-8-2-1-3-9(6-8)12-17-11(16)10(14(20)21)13(18-12)22-5-4-19/h1-3,6,19H,4-5H2,(H,20,21)(H2,16,17,18). The van der Waals surface area contributed by atoms with Crippen LogP contribution in [0.4, 0.5) is 5.82 Å². The Kier molecular flexibility index (Phi) is 4.50. The Morgan fingerprint density at radius 2 is 2.18 bits per heavy atom. The summed E-state index contributed by atoms with van der Waals surface area (Å²) in [7, 11) is 0. The molecule has 0 radical (unpaired) electrons. The number of nitrogen functional groups attached to an aromatic ring is 1. The minimum atomic E-state index is -1.33. The predicted octanol–water partition coefficient (Wildman–Crippen LogP) is 0.667. The van der Waals surface area contributed by atoms with Crippen LogP contribution >= 0.6 is 0 Å². The molecule has 0 unspecified atom stereocenters. The normalized spacial score (nSPS) is 10.0. The first-order valence-electron chi connectivity index (χ1n) is 6.21. The van der Waals surface area contributed by atoms with Crippen molar-refractivity contribution in [2.75, 3.05) is 18.9 Å². The highest BCUT2D eigenvalue weighted by atomic mass is 16.5. The van der Waals surface area contributed by atoms with Crippen LogP contribution in [0.3, 0.4) is 0 Å². The Hall–Kier alpha value is -3.18. The lowest BCUT2D eigenvalue weighted by atomic mass is 10.1.